The van der Waals surface area contributed by atoms with E-state index in [-0.39, 0.29) is 44.1 Å². The molecule has 0 aromatic heterocycles. The highest BCUT2D eigenvalue weighted by atomic mass is 16.5. The van der Waals surface area contributed by atoms with Crippen molar-refractivity contribution in [2.45, 2.75) is 44.4 Å². The second-order valence-electron chi connectivity index (χ2n) is 13.1. The van der Waals surface area contributed by atoms with Crippen LogP contribution < -0.4 is 19.7 Å². The van der Waals surface area contributed by atoms with Crippen molar-refractivity contribution in [1.29, 1.82) is 0 Å². The maximum atomic E-state index is 14.6. The first-order chi connectivity index (χ1) is 27.3. The Morgan fingerprint density at radius 1 is 0.768 bits per heavy atom. The number of esters is 2. The van der Waals surface area contributed by atoms with Crippen LogP contribution >= 0.6 is 0 Å². The molecule has 1 aliphatic rings. The first-order valence-corrected chi connectivity index (χ1v) is 18.5. The predicted octanol–water partition coefficient (Wildman–Crippen LogP) is 6.73. The summed E-state index contributed by atoms with van der Waals surface area (Å²) in [5, 5.41) is 12.5. The van der Waals surface area contributed by atoms with E-state index in [2.05, 4.69) is 5.32 Å². The van der Waals surface area contributed by atoms with E-state index in [1.807, 2.05) is 42.5 Å². The number of hydrogen-bond donors (Lipinski definition) is 2. The molecule has 0 bridgehead atoms. The smallest absolute Gasteiger partial charge is 0.338 e. The van der Waals surface area contributed by atoms with Gasteiger partial charge in [0, 0.05) is 29.8 Å². The average molecular weight is 757 g/mol. The molecule has 11 heteroatoms. The fourth-order valence-corrected chi connectivity index (χ4v) is 6.73. The number of carbonyl (C=O) groups excluding carboxylic acids is 4. The van der Waals surface area contributed by atoms with E-state index in [0.717, 1.165) is 11.1 Å². The quantitative estimate of drug-likeness (QED) is 0.0879. The summed E-state index contributed by atoms with van der Waals surface area (Å²) in [6, 6.07) is 35.2. The van der Waals surface area contributed by atoms with Crippen LogP contribution in [-0.4, -0.2) is 67.9 Å². The molecule has 2 N–H and O–H groups in total. The summed E-state index contributed by atoms with van der Waals surface area (Å²) in [5.74, 6) is -1.16. The maximum Gasteiger partial charge on any atom is 0.338 e. The van der Waals surface area contributed by atoms with Gasteiger partial charge in [-0.3, -0.25) is 14.4 Å². The Bertz CT molecular complexity index is 2110. The van der Waals surface area contributed by atoms with Gasteiger partial charge >= 0.3 is 11.9 Å². The standard InChI is InChI=1S/C45H44N2O9/c1-3-54-41(50)29-39-43(56-45(52)34-19-17-32(18-20-34)31-11-6-4-7-12-31)42(46-44(51)33-13-8-5-9-14-33)37-28-36(55-26-10-25-48)23-24-38(37)47(39)40(49)27-30-15-21-35(53-2)22-16-30/h4-9,11-24,28,39,42-43,48H,3,10,25-27,29H2,1-2H3,(H,46,51)/t39-,42-,43-/m0/s1. The van der Waals surface area contributed by atoms with E-state index in [4.69, 9.17) is 18.9 Å². The van der Waals surface area contributed by atoms with Gasteiger partial charge in [0.2, 0.25) is 5.91 Å². The molecule has 2 amide bonds. The summed E-state index contributed by atoms with van der Waals surface area (Å²) in [6.07, 6.45) is -1.32. The third-order valence-electron chi connectivity index (χ3n) is 9.46. The Labute approximate surface area is 325 Å². The van der Waals surface area contributed by atoms with Crippen molar-refractivity contribution in [1.82, 2.24) is 5.32 Å². The Kier molecular flexibility index (Phi) is 13.1. The summed E-state index contributed by atoms with van der Waals surface area (Å²) >= 11 is 0. The normalized spacial score (nSPS) is 15.9. The molecule has 5 aromatic carbocycles. The van der Waals surface area contributed by atoms with E-state index in [1.165, 1.54) is 4.90 Å². The fraction of sp³-hybridized carbons (Fsp3) is 0.244. The van der Waals surface area contributed by atoms with Crippen molar-refractivity contribution in [2.75, 3.05) is 31.8 Å². The van der Waals surface area contributed by atoms with Gasteiger partial charge in [-0.2, -0.15) is 0 Å². The van der Waals surface area contributed by atoms with Gasteiger partial charge in [0.1, 0.15) is 17.6 Å². The molecule has 0 aliphatic carbocycles. The number of aliphatic hydroxyl groups excluding tert-OH is 1. The second-order valence-corrected chi connectivity index (χ2v) is 13.1. The molecule has 1 aliphatic heterocycles. The minimum atomic E-state index is -1.28. The number of anilines is 1. The number of carbonyl (C=O) groups is 4. The topological polar surface area (TPSA) is 141 Å². The highest BCUT2D eigenvalue weighted by Crippen LogP contribution is 2.43. The second kappa shape index (κ2) is 18.7. The number of ether oxygens (including phenoxy) is 4. The molecule has 0 saturated heterocycles. The predicted molar refractivity (Wildman–Crippen MR) is 211 cm³/mol. The number of amides is 2. The van der Waals surface area contributed by atoms with Crippen LogP contribution in [0.25, 0.3) is 11.1 Å². The molecule has 0 unspecified atom stereocenters. The van der Waals surface area contributed by atoms with Gasteiger partial charge in [-0.25, -0.2) is 4.79 Å². The number of methoxy groups -OCH3 is 1. The van der Waals surface area contributed by atoms with Crippen LogP contribution in [0.5, 0.6) is 11.5 Å². The molecule has 6 rings (SSSR count). The van der Waals surface area contributed by atoms with Crippen molar-refractivity contribution in [3.8, 4) is 22.6 Å². The Morgan fingerprint density at radius 3 is 2.09 bits per heavy atom. The van der Waals surface area contributed by atoms with Gasteiger partial charge in [0.15, 0.2) is 0 Å². The van der Waals surface area contributed by atoms with Crippen molar-refractivity contribution < 1.29 is 43.2 Å². The van der Waals surface area contributed by atoms with E-state index in [9.17, 15) is 24.3 Å². The van der Waals surface area contributed by atoms with Crippen LogP contribution in [0, 0.1) is 0 Å². The molecular weight excluding hydrogens is 712 g/mol. The number of aliphatic hydroxyl groups is 1. The van der Waals surface area contributed by atoms with Crippen LogP contribution in [0.4, 0.5) is 5.69 Å². The van der Waals surface area contributed by atoms with Crippen LogP contribution in [0.2, 0.25) is 0 Å². The molecule has 56 heavy (non-hydrogen) atoms. The minimum Gasteiger partial charge on any atom is -0.497 e. The number of nitrogens with zero attached hydrogens (tertiary/aromatic N) is 1. The largest absolute Gasteiger partial charge is 0.497 e. The fourth-order valence-electron chi connectivity index (χ4n) is 6.73. The van der Waals surface area contributed by atoms with Crippen LogP contribution in [0.15, 0.2) is 127 Å². The van der Waals surface area contributed by atoms with E-state index in [1.54, 1.807) is 99.0 Å². The third kappa shape index (κ3) is 9.42. The van der Waals surface area contributed by atoms with Crippen LogP contribution in [-0.2, 0) is 25.5 Å². The number of nitrogens with one attached hydrogen (secondary N) is 1. The number of hydrogen-bond acceptors (Lipinski definition) is 9. The monoisotopic (exact) mass is 756 g/mol. The Balaban J connectivity index is 1.46. The van der Waals surface area contributed by atoms with Crippen molar-refractivity contribution in [3.05, 3.63) is 150 Å². The summed E-state index contributed by atoms with van der Waals surface area (Å²) in [4.78, 5) is 57.6. The lowest BCUT2D eigenvalue weighted by Gasteiger charge is -2.45. The van der Waals surface area contributed by atoms with Gasteiger partial charge in [-0.1, -0.05) is 72.8 Å². The highest BCUT2D eigenvalue weighted by Gasteiger charge is 2.48. The molecule has 0 fully saturated rings. The summed E-state index contributed by atoms with van der Waals surface area (Å²) < 4.78 is 23.0. The molecule has 5 aromatic rings. The Morgan fingerprint density at radius 2 is 1.43 bits per heavy atom. The zero-order valence-corrected chi connectivity index (χ0v) is 31.3. The van der Waals surface area contributed by atoms with Crippen LogP contribution in [0.3, 0.4) is 0 Å². The zero-order chi connectivity index (χ0) is 39.4. The summed E-state index contributed by atoms with van der Waals surface area (Å²) in [6.45, 7) is 1.90. The molecule has 11 nitrogen and oxygen atoms in total. The highest BCUT2D eigenvalue weighted by molar-refractivity contribution is 5.99. The first-order valence-electron chi connectivity index (χ1n) is 18.5. The lowest BCUT2D eigenvalue weighted by atomic mass is 9.85. The van der Waals surface area contributed by atoms with Crippen LogP contribution in [0.1, 0.15) is 57.7 Å². The minimum absolute atomic E-state index is 0.0693. The number of benzene rings is 5. The van der Waals surface area contributed by atoms with Crippen molar-refractivity contribution in [3.63, 3.8) is 0 Å². The summed E-state index contributed by atoms with van der Waals surface area (Å²) in [7, 11) is 1.55. The molecule has 0 spiro atoms. The van der Waals surface area contributed by atoms with Gasteiger partial charge in [-0.15, -0.1) is 0 Å². The van der Waals surface area contributed by atoms with E-state index in [0.29, 0.717) is 40.3 Å². The number of fused-ring (bicyclic) bond motifs is 1. The van der Waals surface area contributed by atoms with Gasteiger partial charge in [0.05, 0.1) is 50.8 Å². The first kappa shape index (κ1) is 39.2. The summed E-state index contributed by atoms with van der Waals surface area (Å²) in [5.41, 5.74) is 3.95. The molecular formula is C45H44N2O9. The lowest BCUT2D eigenvalue weighted by molar-refractivity contribution is -0.144. The lowest BCUT2D eigenvalue weighted by Crippen LogP contribution is -2.58. The van der Waals surface area contributed by atoms with Gasteiger partial charge in [0.25, 0.3) is 5.91 Å². The molecule has 288 valence electrons. The Hall–Kier alpha value is -6.46. The number of rotatable bonds is 15. The molecule has 0 radical (unpaired) electrons. The van der Waals surface area contributed by atoms with Crippen molar-refractivity contribution >= 4 is 29.4 Å². The van der Waals surface area contributed by atoms with E-state index >= 15 is 0 Å². The molecule has 3 atom stereocenters. The van der Waals surface area contributed by atoms with Gasteiger partial charge in [-0.05, 0) is 78.2 Å². The van der Waals surface area contributed by atoms with E-state index < -0.39 is 36.0 Å². The van der Waals surface area contributed by atoms with Gasteiger partial charge < -0.3 is 34.3 Å². The third-order valence-corrected chi connectivity index (χ3v) is 9.46. The average Bonchev–Trinajstić information content (AvgIpc) is 3.23. The maximum absolute atomic E-state index is 14.6. The van der Waals surface area contributed by atoms with Crippen molar-refractivity contribution in [2.24, 2.45) is 0 Å². The molecule has 1 heterocycles. The molecule has 0 saturated carbocycles. The SMILES string of the molecule is CCOC(=O)C[C@H]1[C@H](OC(=O)c2ccc(-c3ccccc3)cc2)[C@@H](NC(=O)c2ccccc2)c2cc(OCCCO)ccc2N1C(=O)Cc1ccc(OC)cc1. The zero-order valence-electron chi connectivity index (χ0n) is 31.3.